The second-order valence-corrected chi connectivity index (χ2v) is 4.45. The average Bonchev–Trinajstić information content (AvgIpc) is 2.27. The summed E-state index contributed by atoms with van der Waals surface area (Å²) in [4.78, 5) is 11.2. The monoisotopic (exact) mass is 238 g/mol. The highest BCUT2D eigenvalue weighted by atomic mass is 19.1. The number of alkyl halides is 1. The van der Waals surface area contributed by atoms with E-state index in [0.717, 1.165) is 6.42 Å². The van der Waals surface area contributed by atoms with Crippen LogP contribution in [0.4, 0.5) is 4.39 Å². The number of ether oxygens (including phenoxy) is 1. The lowest BCUT2D eigenvalue weighted by molar-refractivity contribution is -0.161. The van der Waals surface area contributed by atoms with Crippen molar-refractivity contribution in [1.29, 1.82) is 0 Å². The Hall–Kier alpha value is -1.58. The van der Waals surface area contributed by atoms with E-state index in [1.165, 1.54) is 7.11 Å². The predicted octanol–water partition coefficient (Wildman–Crippen LogP) is 2.96. The van der Waals surface area contributed by atoms with Gasteiger partial charge in [-0.05, 0) is 30.5 Å². The van der Waals surface area contributed by atoms with E-state index in [2.05, 4.69) is 0 Å². The van der Waals surface area contributed by atoms with Crippen LogP contribution >= 0.6 is 0 Å². The molecule has 0 bridgehead atoms. The van der Waals surface area contributed by atoms with Crippen LogP contribution in [0.3, 0.4) is 0 Å². The van der Waals surface area contributed by atoms with Gasteiger partial charge in [-0.25, -0.2) is 4.39 Å². The van der Waals surface area contributed by atoms with E-state index >= 15 is 0 Å². The first kappa shape index (κ1) is 11.9. The van der Waals surface area contributed by atoms with Gasteiger partial charge in [0.1, 0.15) is 17.3 Å². The molecule has 0 aromatic heterocycles. The van der Waals surface area contributed by atoms with Gasteiger partial charge in [0.15, 0.2) is 0 Å². The molecule has 1 aliphatic rings. The zero-order chi connectivity index (χ0) is 12.5. The number of rotatable bonds is 4. The Labute approximate surface area is 99.2 Å². The van der Waals surface area contributed by atoms with E-state index in [0.29, 0.717) is 24.2 Å². The fourth-order valence-corrected chi connectivity index (χ4v) is 2.25. The van der Waals surface area contributed by atoms with Gasteiger partial charge in [-0.3, -0.25) is 4.79 Å². The second-order valence-electron chi connectivity index (χ2n) is 4.45. The molecule has 0 aliphatic heterocycles. The van der Waals surface area contributed by atoms with Crippen LogP contribution < -0.4 is 4.74 Å². The Kier molecular flexibility index (Phi) is 3.05. The van der Waals surface area contributed by atoms with Crippen LogP contribution in [0.1, 0.15) is 31.0 Å². The number of carboxylic acids is 1. The molecule has 1 aliphatic carbocycles. The molecule has 3 nitrogen and oxygen atoms in total. The highest BCUT2D eigenvalue weighted by Gasteiger charge is 2.52. The number of hydrogen-bond acceptors (Lipinski definition) is 2. The molecule has 0 spiro atoms. The molecule has 92 valence electrons. The number of benzene rings is 1. The van der Waals surface area contributed by atoms with Gasteiger partial charge in [-0.15, -0.1) is 0 Å². The van der Waals surface area contributed by atoms with Gasteiger partial charge in [0.25, 0.3) is 0 Å². The second kappa shape index (κ2) is 4.35. The largest absolute Gasteiger partial charge is 0.497 e. The number of methoxy groups -OCH3 is 1. The van der Waals surface area contributed by atoms with Crippen molar-refractivity contribution in [3.8, 4) is 5.75 Å². The molecule has 4 heteroatoms. The lowest BCUT2D eigenvalue weighted by atomic mass is 9.64. The molecule has 0 saturated heterocycles. The molecule has 1 N–H and O–H groups in total. The molecule has 2 rings (SSSR count). The summed E-state index contributed by atoms with van der Waals surface area (Å²) >= 11 is 0. The standard InChI is InChI=1S/C13H15FO3/c1-17-10-5-2-4-9(8-10)11(14)13(12(15)16)6-3-7-13/h2,4-5,8,11H,3,6-7H2,1H3,(H,15,16). The van der Waals surface area contributed by atoms with Gasteiger partial charge in [0, 0.05) is 0 Å². The topological polar surface area (TPSA) is 46.5 Å². The third-order valence-electron chi connectivity index (χ3n) is 3.54. The Morgan fingerprint density at radius 1 is 1.53 bits per heavy atom. The van der Waals surface area contributed by atoms with E-state index in [1.807, 2.05) is 0 Å². The fraction of sp³-hybridized carbons (Fsp3) is 0.462. The van der Waals surface area contributed by atoms with E-state index in [-0.39, 0.29) is 0 Å². The quantitative estimate of drug-likeness (QED) is 0.877. The van der Waals surface area contributed by atoms with Gasteiger partial charge in [0.2, 0.25) is 0 Å². The zero-order valence-electron chi connectivity index (χ0n) is 9.65. The van der Waals surface area contributed by atoms with Crippen molar-refractivity contribution in [2.75, 3.05) is 7.11 Å². The molecule has 1 fully saturated rings. The number of hydrogen-bond donors (Lipinski definition) is 1. The summed E-state index contributed by atoms with van der Waals surface area (Å²) in [6.07, 6.45) is 0.113. The summed E-state index contributed by atoms with van der Waals surface area (Å²) in [5, 5.41) is 9.17. The van der Waals surface area contributed by atoms with Crippen molar-refractivity contribution in [1.82, 2.24) is 0 Å². The molecule has 17 heavy (non-hydrogen) atoms. The Balaban J connectivity index is 2.29. The van der Waals surface area contributed by atoms with Crippen LogP contribution in [-0.2, 0) is 4.79 Å². The van der Waals surface area contributed by atoms with Gasteiger partial charge >= 0.3 is 5.97 Å². The van der Waals surface area contributed by atoms with Crippen LogP contribution in [0.15, 0.2) is 24.3 Å². The summed E-state index contributed by atoms with van der Waals surface area (Å²) in [7, 11) is 1.50. The van der Waals surface area contributed by atoms with E-state index in [1.54, 1.807) is 24.3 Å². The fourth-order valence-electron chi connectivity index (χ4n) is 2.25. The minimum absolute atomic E-state index is 0.381. The number of aliphatic carboxylic acids is 1. The molecule has 1 atom stereocenters. The van der Waals surface area contributed by atoms with Gasteiger partial charge in [-0.1, -0.05) is 18.6 Å². The highest BCUT2D eigenvalue weighted by molar-refractivity contribution is 5.77. The predicted molar refractivity (Wildman–Crippen MR) is 60.8 cm³/mol. The normalized spacial score (nSPS) is 19.2. The molecule has 0 radical (unpaired) electrons. The zero-order valence-corrected chi connectivity index (χ0v) is 9.65. The SMILES string of the molecule is COc1cccc(C(F)C2(C(=O)O)CCC2)c1. The molecule has 1 unspecified atom stereocenters. The Bertz CT molecular complexity index is 426. The lowest BCUT2D eigenvalue weighted by Crippen LogP contribution is -2.41. The number of carbonyl (C=O) groups is 1. The molecule has 0 amide bonds. The molecule has 1 aromatic carbocycles. The van der Waals surface area contributed by atoms with E-state index < -0.39 is 17.6 Å². The van der Waals surface area contributed by atoms with Crippen molar-refractivity contribution in [3.63, 3.8) is 0 Å². The highest BCUT2D eigenvalue weighted by Crippen LogP contribution is 2.52. The number of carboxylic acid groups (broad SMARTS) is 1. The van der Waals surface area contributed by atoms with Crippen molar-refractivity contribution in [3.05, 3.63) is 29.8 Å². The minimum atomic E-state index is -1.47. The maximum atomic E-state index is 14.4. The summed E-state index contributed by atoms with van der Waals surface area (Å²) in [5.41, 5.74) is -0.849. The molecule has 1 aromatic rings. The van der Waals surface area contributed by atoms with Gasteiger partial charge < -0.3 is 9.84 Å². The van der Waals surface area contributed by atoms with Crippen LogP contribution in [0.25, 0.3) is 0 Å². The molecular formula is C13H15FO3. The van der Waals surface area contributed by atoms with Crippen molar-refractivity contribution in [2.45, 2.75) is 25.4 Å². The van der Waals surface area contributed by atoms with Crippen LogP contribution in [0.5, 0.6) is 5.75 Å². The first-order valence-corrected chi connectivity index (χ1v) is 5.61. The average molecular weight is 238 g/mol. The maximum absolute atomic E-state index is 14.4. The first-order chi connectivity index (χ1) is 8.10. The van der Waals surface area contributed by atoms with Gasteiger partial charge in [0.05, 0.1) is 7.11 Å². The van der Waals surface area contributed by atoms with Crippen LogP contribution in [0.2, 0.25) is 0 Å². The van der Waals surface area contributed by atoms with Crippen LogP contribution in [-0.4, -0.2) is 18.2 Å². The summed E-state index contributed by atoms with van der Waals surface area (Å²) in [5.74, 6) is -0.496. The van der Waals surface area contributed by atoms with Crippen molar-refractivity contribution < 1.29 is 19.0 Å². The Morgan fingerprint density at radius 3 is 2.71 bits per heavy atom. The van der Waals surface area contributed by atoms with Crippen LogP contribution in [0, 0.1) is 5.41 Å². The third kappa shape index (κ3) is 1.88. The lowest BCUT2D eigenvalue weighted by Gasteiger charge is -2.40. The smallest absolute Gasteiger partial charge is 0.312 e. The maximum Gasteiger partial charge on any atom is 0.312 e. The summed E-state index contributed by atoms with van der Waals surface area (Å²) in [6.45, 7) is 0. The van der Waals surface area contributed by atoms with E-state index in [4.69, 9.17) is 4.74 Å². The minimum Gasteiger partial charge on any atom is -0.497 e. The molecule has 1 saturated carbocycles. The van der Waals surface area contributed by atoms with Crippen molar-refractivity contribution in [2.24, 2.45) is 5.41 Å². The molecule has 0 heterocycles. The molecular weight excluding hydrogens is 223 g/mol. The summed E-state index contributed by atoms with van der Waals surface area (Å²) < 4.78 is 19.4. The number of halogens is 1. The summed E-state index contributed by atoms with van der Waals surface area (Å²) in [6, 6.07) is 6.56. The first-order valence-electron chi connectivity index (χ1n) is 5.61. The van der Waals surface area contributed by atoms with Crippen molar-refractivity contribution >= 4 is 5.97 Å². The van der Waals surface area contributed by atoms with Gasteiger partial charge in [-0.2, -0.15) is 0 Å². The Morgan fingerprint density at radius 2 is 2.24 bits per heavy atom. The van der Waals surface area contributed by atoms with E-state index in [9.17, 15) is 14.3 Å². The third-order valence-corrected chi connectivity index (χ3v) is 3.54.